The Bertz CT molecular complexity index is 1140. The van der Waals surface area contributed by atoms with Gasteiger partial charge in [-0.1, -0.05) is 18.2 Å². The van der Waals surface area contributed by atoms with E-state index < -0.39 is 0 Å². The molecule has 0 unspecified atom stereocenters. The highest BCUT2D eigenvalue weighted by Gasteiger charge is 2.17. The topological polar surface area (TPSA) is 115 Å². The fourth-order valence-electron chi connectivity index (χ4n) is 3.09. The van der Waals surface area contributed by atoms with Crippen LogP contribution >= 0.6 is 0 Å². The quantitative estimate of drug-likeness (QED) is 0.566. The smallest absolute Gasteiger partial charge is 0.259 e. The fourth-order valence-corrected chi connectivity index (χ4v) is 3.09. The van der Waals surface area contributed by atoms with Gasteiger partial charge in [-0.25, -0.2) is 15.0 Å². The summed E-state index contributed by atoms with van der Waals surface area (Å²) in [4.78, 5) is 27.2. The summed E-state index contributed by atoms with van der Waals surface area (Å²) in [5.41, 5.74) is 14.6. The summed E-state index contributed by atoms with van der Waals surface area (Å²) in [6.07, 6.45) is 5.05. The molecule has 0 saturated carbocycles. The zero-order valence-electron chi connectivity index (χ0n) is 15.3. The van der Waals surface area contributed by atoms with E-state index in [9.17, 15) is 4.79 Å². The van der Waals surface area contributed by atoms with Crippen molar-refractivity contribution in [1.29, 1.82) is 0 Å². The SMILES string of the molecule is CN(C(=O)c1ccc(-c2nc(CN)n3ccnc(N)c23)cc1)c1ccccn1. The third-order valence-corrected chi connectivity index (χ3v) is 4.54. The minimum atomic E-state index is -0.149. The molecule has 28 heavy (non-hydrogen) atoms. The van der Waals surface area contributed by atoms with Crippen molar-refractivity contribution in [2.45, 2.75) is 6.54 Å². The Morgan fingerprint density at radius 1 is 1.11 bits per heavy atom. The van der Waals surface area contributed by atoms with E-state index in [2.05, 4.69) is 15.0 Å². The maximum absolute atomic E-state index is 12.7. The molecule has 0 spiro atoms. The number of carbonyl (C=O) groups is 1. The standard InChI is InChI=1S/C20H19N7O/c1-26(15-4-2-3-9-23-15)20(28)14-7-5-13(6-8-14)17-18-19(22)24-10-11-27(18)16(12-21)25-17/h2-11H,12,21H2,1H3,(H2,22,24). The average Bonchev–Trinajstić information content (AvgIpc) is 3.13. The number of rotatable bonds is 4. The number of anilines is 2. The van der Waals surface area contributed by atoms with Crippen LogP contribution in [0.4, 0.5) is 11.6 Å². The van der Waals surface area contributed by atoms with Gasteiger partial charge >= 0.3 is 0 Å². The molecule has 0 fully saturated rings. The van der Waals surface area contributed by atoms with Gasteiger partial charge in [-0.2, -0.15) is 0 Å². The van der Waals surface area contributed by atoms with Crippen LogP contribution in [0.3, 0.4) is 0 Å². The summed E-state index contributed by atoms with van der Waals surface area (Å²) in [5.74, 6) is 1.50. The molecule has 4 rings (SSSR count). The molecule has 3 aromatic heterocycles. The first-order valence-electron chi connectivity index (χ1n) is 8.71. The molecule has 4 aromatic rings. The Balaban J connectivity index is 1.69. The summed E-state index contributed by atoms with van der Waals surface area (Å²) < 4.78 is 1.84. The second-order valence-corrected chi connectivity index (χ2v) is 6.24. The van der Waals surface area contributed by atoms with Crippen LogP contribution < -0.4 is 16.4 Å². The molecule has 1 aromatic carbocycles. The number of carbonyl (C=O) groups excluding carboxylic acids is 1. The molecule has 1 amide bonds. The highest BCUT2D eigenvalue weighted by molar-refractivity contribution is 6.05. The Kier molecular flexibility index (Phi) is 4.46. The molecule has 0 radical (unpaired) electrons. The lowest BCUT2D eigenvalue weighted by molar-refractivity contribution is 0.0992. The number of benzene rings is 1. The lowest BCUT2D eigenvalue weighted by Crippen LogP contribution is -2.26. The number of aromatic nitrogens is 4. The number of pyridine rings is 1. The number of imidazole rings is 1. The van der Waals surface area contributed by atoms with E-state index in [1.807, 2.05) is 28.7 Å². The number of hydrogen-bond acceptors (Lipinski definition) is 6. The number of nitrogens with two attached hydrogens (primary N) is 2. The molecular weight excluding hydrogens is 354 g/mol. The van der Waals surface area contributed by atoms with Gasteiger partial charge in [0, 0.05) is 36.8 Å². The zero-order valence-corrected chi connectivity index (χ0v) is 15.3. The number of amides is 1. The Morgan fingerprint density at radius 3 is 2.57 bits per heavy atom. The molecule has 8 heteroatoms. The van der Waals surface area contributed by atoms with Gasteiger partial charge in [0.25, 0.3) is 5.91 Å². The average molecular weight is 373 g/mol. The van der Waals surface area contributed by atoms with E-state index in [1.165, 1.54) is 4.90 Å². The lowest BCUT2D eigenvalue weighted by atomic mass is 10.1. The van der Waals surface area contributed by atoms with E-state index in [0.717, 1.165) is 5.56 Å². The van der Waals surface area contributed by atoms with Crippen molar-refractivity contribution in [2.75, 3.05) is 17.7 Å². The molecule has 3 heterocycles. The summed E-state index contributed by atoms with van der Waals surface area (Å²) in [7, 11) is 1.70. The van der Waals surface area contributed by atoms with Gasteiger partial charge in [0.2, 0.25) is 0 Å². The molecule has 0 aliphatic heterocycles. The van der Waals surface area contributed by atoms with Crippen molar-refractivity contribution in [3.8, 4) is 11.3 Å². The Hall–Kier alpha value is -3.78. The molecular formula is C20H19N7O. The van der Waals surface area contributed by atoms with Gasteiger partial charge in [-0.05, 0) is 24.3 Å². The van der Waals surface area contributed by atoms with E-state index in [-0.39, 0.29) is 12.5 Å². The van der Waals surface area contributed by atoms with Crippen LogP contribution in [0.15, 0.2) is 61.1 Å². The van der Waals surface area contributed by atoms with Crippen molar-refractivity contribution >= 4 is 23.1 Å². The van der Waals surface area contributed by atoms with Gasteiger partial charge in [0.1, 0.15) is 28.7 Å². The van der Waals surface area contributed by atoms with E-state index in [4.69, 9.17) is 11.5 Å². The normalized spacial score (nSPS) is 10.9. The van der Waals surface area contributed by atoms with Gasteiger partial charge < -0.3 is 11.5 Å². The monoisotopic (exact) mass is 373 g/mol. The maximum atomic E-state index is 12.7. The third-order valence-electron chi connectivity index (χ3n) is 4.54. The van der Waals surface area contributed by atoms with Gasteiger partial charge in [-0.3, -0.25) is 14.1 Å². The largest absolute Gasteiger partial charge is 0.382 e. The fraction of sp³-hybridized carbons (Fsp3) is 0.100. The van der Waals surface area contributed by atoms with Crippen LogP contribution in [0.1, 0.15) is 16.2 Å². The van der Waals surface area contributed by atoms with E-state index in [0.29, 0.717) is 34.2 Å². The highest BCUT2D eigenvalue weighted by atomic mass is 16.2. The Labute approximate surface area is 161 Å². The van der Waals surface area contributed by atoms with Crippen molar-refractivity contribution in [2.24, 2.45) is 5.73 Å². The minimum absolute atomic E-state index is 0.149. The summed E-state index contributed by atoms with van der Waals surface area (Å²) >= 11 is 0. The second-order valence-electron chi connectivity index (χ2n) is 6.24. The van der Waals surface area contributed by atoms with Crippen molar-refractivity contribution < 1.29 is 4.79 Å². The van der Waals surface area contributed by atoms with Crippen LogP contribution in [0.25, 0.3) is 16.8 Å². The predicted octanol–water partition coefficient (Wildman–Crippen LogP) is 2.11. The predicted molar refractivity (Wildman–Crippen MR) is 108 cm³/mol. The summed E-state index contributed by atoms with van der Waals surface area (Å²) in [6, 6.07) is 12.6. The highest BCUT2D eigenvalue weighted by Crippen LogP contribution is 2.28. The maximum Gasteiger partial charge on any atom is 0.259 e. The number of nitrogen functional groups attached to an aromatic ring is 1. The number of hydrogen-bond donors (Lipinski definition) is 2. The molecule has 140 valence electrons. The van der Waals surface area contributed by atoms with Gasteiger partial charge in [0.05, 0.1) is 6.54 Å². The van der Waals surface area contributed by atoms with E-state index >= 15 is 0 Å². The Morgan fingerprint density at radius 2 is 1.89 bits per heavy atom. The van der Waals surface area contributed by atoms with Crippen molar-refractivity contribution in [3.05, 3.63) is 72.4 Å². The van der Waals surface area contributed by atoms with Crippen LogP contribution in [0, 0.1) is 0 Å². The van der Waals surface area contributed by atoms with Crippen LogP contribution in [-0.4, -0.2) is 32.3 Å². The minimum Gasteiger partial charge on any atom is -0.382 e. The van der Waals surface area contributed by atoms with Crippen LogP contribution in [0.5, 0.6) is 0 Å². The molecule has 0 aliphatic carbocycles. The first kappa shape index (κ1) is 17.6. The second kappa shape index (κ2) is 7.09. The first-order valence-corrected chi connectivity index (χ1v) is 8.71. The summed E-state index contributed by atoms with van der Waals surface area (Å²) in [6.45, 7) is 0.274. The van der Waals surface area contributed by atoms with Crippen molar-refractivity contribution in [3.63, 3.8) is 0 Å². The van der Waals surface area contributed by atoms with Gasteiger partial charge in [-0.15, -0.1) is 0 Å². The molecule has 4 N–H and O–H groups in total. The van der Waals surface area contributed by atoms with Crippen molar-refractivity contribution in [1.82, 2.24) is 19.4 Å². The van der Waals surface area contributed by atoms with Gasteiger partial charge in [0.15, 0.2) is 0 Å². The van der Waals surface area contributed by atoms with Crippen LogP contribution in [0.2, 0.25) is 0 Å². The molecule has 0 bridgehead atoms. The number of fused-ring (bicyclic) bond motifs is 1. The molecule has 0 atom stereocenters. The van der Waals surface area contributed by atoms with E-state index in [1.54, 1.807) is 43.8 Å². The molecule has 8 nitrogen and oxygen atoms in total. The summed E-state index contributed by atoms with van der Waals surface area (Å²) in [5, 5.41) is 0. The lowest BCUT2D eigenvalue weighted by Gasteiger charge is -2.16. The first-order chi connectivity index (χ1) is 13.6. The molecule has 0 aliphatic rings. The number of nitrogens with zero attached hydrogens (tertiary/aromatic N) is 5. The van der Waals surface area contributed by atoms with Crippen LogP contribution in [-0.2, 0) is 6.54 Å². The third kappa shape index (κ3) is 2.95. The molecule has 0 saturated heterocycles. The zero-order chi connectivity index (χ0) is 19.7.